The van der Waals surface area contributed by atoms with Crippen LogP contribution in [0.5, 0.6) is 0 Å². The number of ether oxygens (including phenoxy) is 1. The van der Waals surface area contributed by atoms with Crippen molar-refractivity contribution < 1.29 is 32.0 Å². The third kappa shape index (κ3) is 5.91. The molecule has 1 aromatic heterocycles. The Balaban J connectivity index is 1.63. The van der Waals surface area contributed by atoms with Crippen LogP contribution in [0, 0.1) is 0 Å². The molecule has 32 heavy (non-hydrogen) atoms. The van der Waals surface area contributed by atoms with Gasteiger partial charge in [-0.05, 0) is 17.7 Å². The highest BCUT2D eigenvalue weighted by Crippen LogP contribution is 2.29. The lowest BCUT2D eigenvalue weighted by molar-refractivity contribution is -0.159. The maximum atomic E-state index is 12.6. The van der Waals surface area contributed by atoms with Gasteiger partial charge in [-0.2, -0.15) is 18.2 Å². The van der Waals surface area contributed by atoms with Crippen molar-refractivity contribution in [3.63, 3.8) is 0 Å². The van der Waals surface area contributed by atoms with E-state index in [-0.39, 0.29) is 30.1 Å². The second-order valence-corrected chi connectivity index (χ2v) is 6.68. The van der Waals surface area contributed by atoms with Crippen LogP contribution in [-0.2, 0) is 22.3 Å². The van der Waals surface area contributed by atoms with Gasteiger partial charge in [-0.25, -0.2) is 0 Å². The summed E-state index contributed by atoms with van der Waals surface area (Å²) in [6.45, 7) is 0.239. The first-order chi connectivity index (χ1) is 15.3. The molecule has 3 aromatic rings. The standard InChI is InChI=1S/C21H19F3N4O4/c1-31-12-16(19(30)25-11-13-5-3-2-4-6-13)26-18(29)15-9-7-14(8-10-15)17-27-20(32-28-17)21(22,23)24/h2-10,16H,11-12H2,1H3,(H,25,30)(H,26,29)/t16-/m1/s1. The van der Waals surface area contributed by atoms with E-state index < -0.39 is 29.9 Å². The number of aromatic nitrogens is 2. The van der Waals surface area contributed by atoms with E-state index >= 15 is 0 Å². The number of amides is 2. The summed E-state index contributed by atoms with van der Waals surface area (Å²) in [5, 5.41) is 8.60. The Morgan fingerprint density at radius 1 is 1.09 bits per heavy atom. The number of hydrogen-bond acceptors (Lipinski definition) is 6. The summed E-state index contributed by atoms with van der Waals surface area (Å²) >= 11 is 0. The van der Waals surface area contributed by atoms with E-state index in [0.29, 0.717) is 0 Å². The van der Waals surface area contributed by atoms with Crippen molar-refractivity contribution in [2.24, 2.45) is 0 Å². The third-order valence-electron chi connectivity index (χ3n) is 4.34. The van der Waals surface area contributed by atoms with Gasteiger partial charge in [0.15, 0.2) is 0 Å². The Bertz CT molecular complexity index is 1050. The summed E-state index contributed by atoms with van der Waals surface area (Å²) in [5.74, 6) is -2.70. The molecule has 0 aliphatic carbocycles. The van der Waals surface area contributed by atoms with E-state index in [2.05, 4.69) is 25.3 Å². The molecular weight excluding hydrogens is 429 g/mol. The molecule has 0 saturated heterocycles. The Morgan fingerprint density at radius 2 is 1.78 bits per heavy atom. The minimum Gasteiger partial charge on any atom is -0.382 e. The first-order valence-corrected chi connectivity index (χ1v) is 9.40. The number of benzene rings is 2. The molecule has 1 heterocycles. The molecule has 0 spiro atoms. The topological polar surface area (TPSA) is 106 Å². The maximum Gasteiger partial charge on any atom is 0.471 e. The number of alkyl halides is 3. The Morgan fingerprint density at radius 3 is 2.38 bits per heavy atom. The predicted octanol–water partition coefficient (Wildman–Crippen LogP) is 2.82. The van der Waals surface area contributed by atoms with Gasteiger partial charge in [0, 0.05) is 24.8 Å². The van der Waals surface area contributed by atoms with E-state index in [1.807, 2.05) is 30.3 Å². The Labute approximate surface area is 180 Å². The molecule has 2 amide bonds. The number of methoxy groups -OCH3 is 1. The fraction of sp³-hybridized carbons (Fsp3) is 0.238. The summed E-state index contributed by atoms with van der Waals surface area (Å²) in [6.07, 6.45) is -4.75. The number of carbonyl (C=O) groups is 2. The summed E-state index contributed by atoms with van der Waals surface area (Å²) < 4.78 is 47.0. The van der Waals surface area contributed by atoms with E-state index in [0.717, 1.165) is 5.56 Å². The Hall–Kier alpha value is -3.73. The number of nitrogens with zero attached hydrogens (tertiary/aromatic N) is 2. The molecule has 0 radical (unpaired) electrons. The van der Waals surface area contributed by atoms with Gasteiger partial charge < -0.3 is 19.9 Å². The van der Waals surface area contributed by atoms with Crippen LogP contribution >= 0.6 is 0 Å². The van der Waals surface area contributed by atoms with E-state index in [9.17, 15) is 22.8 Å². The molecule has 0 aliphatic rings. The number of nitrogens with one attached hydrogen (secondary N) is 2. The summed E-state index contributed by atoms with van der Waals surface area (Å²) in [7, 11) is 1.40. The molecule has 168 valence electrons. The van der Waals surface area contributed by atoms with Crippen molar-refractivity contribution in [3.05, 3.63) is 71.6 Å². The minimum absolute atomic E-state index is 0.0481. The van der Waals surface area contributed by atoms with E-state index in [1.165, 1.54) is 31.4 Å². The average molecular weight is 448 g/mol. The zero-order valence-electron chi connectivity index (χ0n) is 16.8. The van der Waals surface area contributed by atoms with Crippen LogP contribution in [-0.4, -0.2) is 41.7 Å². The molecule has 0 unspecified atom stereocenters. The average Bonchev–Trinajstić information content (AvgIpc) is 3.29. The van der Waals surface area contributed by atoms with Gasteiger partial charge in [-0.3, -0.25) is 9.59 Å². The van der Waals surface area contributed by atoms with Gasteiger partial charge in [-0.1, -0.05) is 47.6 Å². The molecule has 8 nitrogen and oxygen atoms in total. The monoisotopic (exact) mass is 448 g/mol. The van der Waals surface area contributed by atoms with Crippen LogP contribution in [0.3, 0.4) is 0 Å². The second kappa shape index (κ2) is 10.1. The van der Waals surface area contributed by atoms with Crippen molar-refractivity contribution in [1.82, 2.24) is 20.8 Å². The molecule has 0 bridgehead atoms. The minimum atomic E-state index is -4.75. The van der Waals surface area contributed by atoms with Gasteiger partial charge in [0.1, 0.15) is 6.04 Å². The molecule has 1 atom stereocenters. The van der Waals surface area contributed by atoms with Crippen LogP contribution in [0.2, 0.25) is 0 Å². The van der Waals surface area contributed by atoms with E-state index in [4.69, 9.17) is 4.74 Å². The first kappa shape index (κ1) is 22.9. The smallest absolute Gasteiger partial charge is 0.382 e. The molecule has 0 aliphatic heterocycles. The van der Waals surface area contributed by atoms with Gasteiger partial charge in [0.25, 0.3) is 5.91 Å². The summed E-state index contributed by atoms with van der Waals surface area (Å²) in [4.78, 5) is 28.3. The van der Waals surface area contributed by atoms with E-state index in [1.54, 1.807) is 0 Å². The zero-order chi connectivity index (χ0) is 23.1. The van der Waals surface area contributed by atoms with Crippen molar-refractivity contribution >= 4 is 11.8 Å². The van der Waals surface area contributed by atoms with Crippen LogP contribution < -0.4 is 10.6 Å². The quantitative estimate of drug-likeness (QED) is 0.549. The highest BCUT2D eigenvalue weighted by Gasteiger charge is 2.38. The zero-order valence-corrected chi connectivity index (χ0v) is 16.8. The van der Waals surface area contributed by atoms with Gasteiger partial charge in [-0.15, -0.1) is 0 Å². The van der Waals surface area contributed by atoms with Gasteiger partial charge in [0.05, 0.1) is 6.61 Å². The lowest BCUT2D eigenvalue weighted by Crippen LogP contribution is -2.49. The van der Waals surface area contributed by atoms with Crippen molar-refractivity contribution in [3.8, 4) is 11.4 Å². The number of hydrogen-bond donors (Lipinski definition) is 2. The molecule has 11 heteroatoms. The van der Waals surface area contributed by atoms with Crippen molar-refractivity contribution in [1.29, 1.82) is 0 Å². The lowest BCUT2D eigenvalue weighted by Gasteiger charge is -2.18. The molecule has 0 saturated carbocycles. The van der Waals surface area contributed by atoms with Crippen LogP contribution in [0.25, 0.3) is 11.4 Å². The van der Waals surface area contributed by atoms with Gasteiger partial charge >= 0.3 is 12.1 Å². The lowest BCUT2D eigenvalue weighted by atomic mass is 10.1. The molecular formula is C21H19F3N4O4. The predicted molar refractivity (Wildman–Crippen MR) is 106 cm³/mol. The summed E-state index contributed by atoms with van der Waals surface area (Å²) in [5.41, 5.74) is 1.31. The number of halogens is 3. The Kier molecular flexibility index (Phi) is 7.21. The fourth-order valence-corrected chi connectivity index (χ4v) is 2.73. The fourth-order valence-electron chi connectivity index (χ4n) is 2.73. The maximum absolute atomic E-state index is 12.6. The molecule has 3 rings (SSSR count). The van der Waals surface area contributed by atoms with Crippen LogP contribution in [0.4, 0.5) is 13.2 Å². The molecule has 0 fully saturated rings. The highest BCUT2D eigenvalue weighted by molar-refractivity contribution is 5.97. The van der Waals surface area contributed by atoms with Crippen molar-refractivity contribution in [2.45, 2.75) is 18.8 Å². The van der Waals surface area contributed by atoms with Gasteiger partial charge in [0.2, 0.25) is 11.7 Å². The van der Waals surface area contributed by atoms with Crippen LogP contribution in [0.1, 0.15) is 21.8 Å². The third-order valence-corrected chi connectivity index (χ3v) is 4.34. The first-order valence-electron chi connectivity index (χ1n) is 9.40. The van der Waals surface area contributed by atoms with Crippen LogP contribution in [0.15, 0.2) is 59.1 Å². The number of rotatable bonds is 8. The van der Waals surface area contributed by atoms with Crippen molar-refractivity contribution in [2.75, 3.05) is 13.7 Å². The number of carbonyl (C=O) groups excluding carboxylic acids is 2. The molecule has 2 N–H and O–H groups in total. The second-order valence-electron chi connectivity index (χ2n) is 6.68. The normalized spacial score (nSPS) is 12.2. The summed E-state index contributed by atoms with van der Waals surface area (Å²) in [6, 6.07) is 13.8. The largest absolute Gasteiger partial charge is 0.471 e. The highest BCUT2D eigenvalue weighted by atomic mass is 19.4. The SMILES string of the molecule is COC[C@@H](NC(=O)c1ccc(-c2noc(C(F)(F)F)n2)cc1)C(=O)NCc1ccccc1. The molecule has 2 aromatic carbocycles.